The average Bonchev–Trinajstić information content (AvgIpc) is 2.96. The zero-order valence-corrected chi connectivity index (χ0v) is 35.0. The molecule has 0 fully saturated rings. The summed E-state index contributed by atoms with van der Waals surface area (Å²) in [4.78, 5) is 0. The molecule has 0 aliphatic carbocycles. The van der Waals surface area contributed by atoms with Crippen LogP contribution < -0.4 is 0 Å². The maximum absolute atomic E-state index is 11.0. The van der Waals surface area contributed by atoms with Crippen LogP contribution in [0.15, 0.2) is 46.6 Å². The first-order valence-electron chi connectivity index (χ1n) is 20.3. The Labute approximate surface area is 315 Å². The van der Waals surface area contributed by atoms with Gasteiger partial charge in [-0.1, -0.05) is 46.6 Å². The van der Waals surface area contributed by atoms with Crippen LogP contribution in [0.5, 0.6) is 0 Å². The molecule has 0 aliphatic heterocycles. The molecule has 0 aromatic heterocycles. The van der Waals surface area contributed by atoms with Crippen LogP contribution in [-0.2, 0) is 0 Å². The first-order chi connectivity index (χ1) is 23.5. The molecule has 0 heterocycles. The van der Waals surface area contributed by atoms with Gasteiger partial charge in [-0.05, 0) is 204 Å². The van der Waals surface area contributed by atoms with Gasteiger partial charge in [-0.25, -0.2) is 0 Å². The Kier molecular flexibility index (Phi) is 24.3. The van der Waals surface area contributed by atoms with Crippen molar-refractivity contribution < 1.29 is 30.6 Å². The minimum atomic E-state index is -0.843. The molecular formula is C45H84O6. The molecular weight excluding hydrogens is 636 g/mol. The van der Waals surface area contributed by atoms with E-state index in [9.17, 15) is 25.5 Å². The van der Waals surface area contributed by atoms with Crippen LogP contribution in [0.2, 0.25) is 0 Å². The Hall–Kier alpha value is -1.28. The number of hydrogen-bond donors (Lipinski definition) is 6. The van der Waals surface area contributed by atoms with Crippen molar-refractivity contribution in [3.8, 4) is 0 Å². The zero-order chi connectivity index (χ0) is 39.2. The summed E-state index contributed by atoms with van der Waals surface area (Å²) in [5.74, 6) is 0. The van der Waals surface area contributed by atoms with Crippen LogP contribution in [0.25, 0.3) is 0 Å². The number of hydrogen-bond acceptors (Lipinski definition) is 6. The Bertz CT molecular complexity index is 1050. The van der Waals surface area contributed by atoms with Gasteiger partial charge < -0.3 is 30.6 Å². The highest BCUT2D eigenvalue weighted by molar-refractivity contribution is 5.06. The third-order valence-corrected chi connectivity index (χ3v) is 10.7. The maximum Gasteiger partial charge on any atom is 0.0622 e. The summed E-state index contributed by atoms with van der Waals surface area (Å²) in [6.45, 7) is 20.1. The van der Waals surface area contributed by atoms with Crippen LogP contribution in [0.3, 0.4) is 0 Å². The van der Waals surface area contributed by atoms with Crippen molar-refractivity contribution in [3.63, 3.8) is 0 Å². The number of rotatable bonds is 30. The van der Waals surface area contributed by atoms with Gasteiger partial charge in [-0.2, -0.15) is 0 Å². The zero-order valence-electron chi connectivity index (χ0n) is 35.0. The number of aliphatic hydroxyl groups excluding tert-OH is 1. The molecule has 0 amide bonds. The SMILES string of the molecule is CC(C)=CCCC(C)(O)CCCC(C)(O)CCCC(C)(O)CCCC(C)(O)CCCC(C)(O)CCCC(C)=CCCC(C)=CCCC(C)=CCO. The topological polar surface area (TPSA) is 121 Å². The van der Waals surface area contributed by atoms with Crippen molar-refractivity contribution in [2.45, 2.75) is 232 Å². The summed E-state index contributed by atoms with van der Waals surface area (Å²) in [5, 5.41) is 63.6. The highest BCUT2D eigenvalue weighted by Crippen LogP contribution is 2.31. The van der Waals surface area contributed by atoms with Crippen molar-refractivity contribution in [1.29, 1.82) is 0 Å². The molecule has 5 atom stereocenters. The molecule has 0 rings (SSSR count). The second-order valence-electron chi connectivity index (χ2n) is 18.0. The van der Waals surface area contributed by atoms with Crippen molar-refractivity contribution in [3.05, 3.63) is 46.6 Å². The highest BCUT2D eigenvalue weighted by atomic mass is 16.3. The van der Waals surface area contributed by atoms with E-state index in [0.717, 1.165) is 83.5 Å². The van der Waals surface area contributed by atoms with Crippen molar-refractivity contribution >= 4 is 0 Å². The van der Waals surface area contributed by atoms with E-state index in [4.69, 9.17) is 5.11 Å². The summed E-state index contributed by atoms with van der Waals surface area (Å²) < 4.78 is 0. The molecule has 0 aromatic carbocycles. The molecule has 0 saturated carbocycles. The van der Waals surface area contributed by atoms with Gasteiger partial charge in [0.2, 0.25) is 0 Å². The standard InChI is InChI=1S/C45H84O6/c1-37(2)19-13-26-41(6,47)28-15-30-43(8,49)32-17-34-45(10,51)35-18-33-44(9,50)31-16-29-42(7,48)27-14-24-39(4)22-11-20-38(3)21-12-23-40(5)25-36-46/h19,21-22,25,46-51H,11-18,20,23-24,26-36H2,1-10H3. The third kappa shape index (κ3) is 29.8. The van der Waals surface area contributed by atoms with Crippen LogP contribution in [0, 0.1) is 0 Å². The van der Waals surface area contributed by atoms with Crippen LogP contribution in [-0.4, -0.2) is 65.3 Å². The predicted molar refractivity (Wildman–Crippen MR) is 218 cm³/mol. The summed E-state index contributed by atoms with van der Waals surface area (Å²) in [6.07, 6.45) is 25.0. The van der Waals surface area contributed by atoms with E-state index in [1.807, 2.05) is 40.7 Å². The van der Waals surface area contributed by atoms with Gasteiger partial charge in [-0.15, -0.1) is 0 Å². The molecule has 0 spiro atoms. The van der Waals surface area contributed by atoms with Crippen molar-refractivity contribution in [1.82, 2.24) is 0 Å². The smallest absolute Gasteiger partial charge is 0.0622 e. The van der Waals surface area contributed by atoms with Gasteiger partial charge in [0.15, 0.2) is 0 Å². The summed E-state index contributed by atoms with van der Waals surface area (Å²) in [5.41, 5.74) is 1.32. The lowest BCUT2D eigenvalue weighted by atomic mass is 9.84. The van der Waals surface area contributed by atoms with Gasteiger partial charge in [0.25, 0.3) is 0 Å². The molecule has 6 heteroatoms. The van der Waals surface area contributed by atoms with E-state index in [0.29, 0.717) is 51.4 Å². The highest BCUT2D eigenvalue weighted by Gasteiger charge is 2.28. The molecule has 0 bridgehead atoms. The molecule has 6 nitrogen and oxygen atoms in total. The lowest BCUT2D eigenvalue weighted by Gasteiger charge is -2.30. The second-order valence-corrected chi connectivity index (χ2v) is 18.0. The average molecular weight is 721 g/mol. The lowest BCUT2D eigenvalue weighted by molar-refractivity contribution is -0.00579. The second kappa shape index (κ2) is 24.9. The molecule has 0 aromatic rings. The van der Waals surface area contributed by atoms with Crippen molar-refractivity contribution in [2.24, 2.45) is 0 Å². The monoisotopic (exact) mass is 721 g/mol. The fourth-order valence-electron chi connectivity index (χ4n) is 7.00. The Balaban J connectivity index is 4.33. The summed E-state index contributed by atoms with van der Waals surface area (Å²) >= 11 is 0. The fourth-order valence-corrected chi connectivity index (χ4v) is 7.00. The third-order valence-electron chi connectivity index (χ3n) is 10.7. The Morgan fingerprint density at radius 2 is 0.667 bits per heavy atom. The van der Waals surface area contributed by atoms with E-state index in [1.165, 1.54) is 22.3 Å². The largest absolute Gasteiger partial charge is 0.392 e. The quantitative estimate of drug-likeness (QED) is 0.0411. The first-order valence-corrected chi connectivity index (χ1v) is 20.3. The molecule has 0 radical (unpaired) electrons. The lowest BCUT2D eigenvalue weighted by Crippen LogP contribution is -2.30. The molecule has 51 heavy (non-hydrogen) atoms. The minimum Gasteiger partial charge on any atom is -0.392 e. The number of allylic oxidation sites excluding steroid dienone is 7. The Morgan fingerprint density at radius 3 is 1.00 bits per heavy atom. The first kappa shape index (κ1) is 49.7. The number of aliphatic hydroxyl groups is 6. The fraction of sp³-hybridized carbons (Fsp3) is 0.822. The van der Waals surface area contributed by atoms with E-state index in [2.05, 4.69) is 52.8 Å². The van der Waals surface area contributed by atoms with Crippen LogP contribution >= 0.6 is 0 Å². The van der Waals surface area contributed by atoms with Crippen LogP contribution in [0.1, 0.15) is 204 Å². The van der Waals surface area contributed by atoms with E-state index in [1.54, 1.807) is 0 Å². The van der Waals surface area contributed by atoms with Gasteiger partial charge in [0.1, 0.15) is 0 Å². The van der Waals surface area contributed by atoms with Crippen LogP contribution in [0.4, 0.5) is 0 Å². The summed E-state index contributed by atoms with van der Waals surface area (Å²) in [7, 11) is 0. The maximum atomic E-state index is 11.0. The van der Waals surface area contributed by atoms with Gasteiger partial charge in [-0.3, -0.25) is 0 Å². The van der Waals surface area contributed by atoms with Gasteiger partial charge >= 0.3 is 0 Å². The van der Waals surface area contributed by atoms with E-state index < -0.39 is 28.0 Å². The molecule has 300 valence electrons. The molecule has 6 N–H and O–H groups in total. The molecule has 5 unspecified atom stereocenters. The summed E-state index contributed by atoms with van der Waals surface area (Å²) in [6, 6.07) is 0. The van der Waals surface area contributed by atoms with E-state index in [-0.39, 0.29) is 6.61 Å². The van der Waals surface area contributed by atoms with E-state index >= 15 is 0 Å². The molecule has 0 saturated heterocycles. The Morgan fingerprint density at radius 1 is 0.373 bits per heavy atom. The van der Waals surface area contributed by atoms with Crippen molar-refractivity contribution in [2.75, 3.05) is 6.61 Å². The van der Waals surface area contributed by atoms with Gasteiger partial charge in [0.05, 0.1) is 34.6 Å². The minimum absolute atomic E-state index is 0.115. The normalized spacial score (nSPS) is 19.1. The molecule has 0 aliphatic rings. The predicted octanol–water partition coefficient (Wildman–Crippen LogP) is 10.7. The van der Waals surface area contributed by atoms with Gasteiger partial charge in [0, 0.05) is 0 Å².